The predicted octanol–water partition coefficient (Wildman–Crippen LogP) is 2.44. The number of aryl methyl sites for hydroxylation is 3. The lowest BCUT2D eigenvalue weighted by Gasteiger charge is -2.28. The van der Waals surface area contributed by atoms with Gasteiger partial charge in [-0.15, -0.1) is 0 Å². The third-order valence-electron chi connectivity index (χ3n) is 5.09. The van der Waals surface area contributed by atoms with E-state index in [1.54, 1.807) is 0 Å². The number of nitrogens with zero attached hydrogens (tertiary/aromatic N) is 3. The molecule has 142 valence electrons. The number of aromatic nitrogens is 1. The van der Waals surface area contributed by atoms with Crippen LogP contribution in [0.15, 0.2) is 17.1 Å². The molecule has 0 atom stereocenters. The van der Waals surface area contributed by atoms with Crippen LogP contribution in [0.3, 0.4) is 0 Å². The Hall–Kier alpha value is -1.51. The molecule has 0 spiro atoms. The lowest BCUT2D eigenvalue weighted by Crippen LogP contribution is -2.39. The lowest BCUT2D eigenvalue weighted by molar-refractivity contribution is -0.122. The molecule has 8 heteroatoms. The maximum Gasteiger partial charge on any atom is 0.251 e. The summed E-state index contributed by atoms with van der Waals surface area (Å²) in [6.45, 7) is 7.76. The minimum absolute atomic E-state index is 0.139. The molecule has 0 N–H and O–H groups in total. The van der Waals surface area contributed by atoms with E-state index in [0.717, 1.165) is 21.6 Å². The molecule has 3 rings (SSSR count). The number of rotatable bonds is 3. The van der Waals surface area contributed by atoms with E-state index < -0.39 is 10.0 Å². The van der Waals surface area contributed by atoms with E-state index in [9.17, 15) is 13.2 Å². The van der Waals surface area contributed by atoms with Gasteiger partial charge in [0.15, 0.2) is 4.80 Å². The first-order valence-electron chi connectivity index (χ1n) is 8.85. The van der Waals surface area contributed by atoms with Crippen LogP contribution in [-0.4, -0.2) is 42.5 Å². The van der Waals surface area contributed by atoms with Crippen molar-refractivity contribution in [2.75, 3.05) is 19.3 Å². The zero-order valence-electron chi connectivity index (χ0n) is 15.7. The molecular weight excluding hydrogens is 370 g/mol. The quantitative estimate of drug-likeness (QED) is 0.801. The summed E-state index contributed by atoms with van der Waals surface area (Å²) in [6.07, 6.45) is 2.28. The van der Waals surface area contributed by atoms with Crippen LogP contribution in [0.4, 0.5) is 0 Å². The van der Waals surface area contributed by atoms with Crippen LogP contribution in [0.5, 0.6) is 0 Å². The molecule has 1 aliphatic heterocycles. The van der Waals surface area contributed by atoms with E-state index in [4.69, 9.17) is 0 Å². The summed E-state index contributed by atoms with van der Waals surface area (Å²) in [4.78, 5) is 17.8. The normalized spacial score (nSPS) is 17.9. The van der Waals surface area contributed by atoms with Gasteiger partial charge in [0.2, 0.25) is 10.0 Å². The van der Waals surface area contributed by atoms with E-state index >= 15 is 0 Å². The highest BCUT2D eigenvalue weighted by molar-refractivity contribution is 7.88. The molecular formula is C18H25N3O3S2. The smallest absolute Gasteiger partial charge is 0.251 e. The fourth-order valence-electron chi connectivity index (χ4n) is 3.33. The van der Waals surface area contributed by atoms with Gasteiger partial charge in [0.25, 0.3) is 5.91 Å². The number of hydrogen-bond donors (Lipinski definition) is 0. The van der Waals surface area contributed by atoms with Gasteiger partial charge in [0.05, 0.1) is 16.5 Å². The molecule has 2 heterocycles. The molecule has 0 unspecified atom stereocenters. The molecule has 0 bridgehead atoms. The Balaban J connectivity index is 1.89. The van der Waals surface area contributed by atoms with Gasteiger partial charge in [0.1, 0.15) is 0 Å². The summed E-state index contributed by atoms with van der Waals surface area (Å²) in [7, 11) is -3.18. The average Bonchev–Trinajstić information content (AvgIpc) is 2.90. The van der Waals surface area contributed by atoms with E-state index in [0.29, 0.717) is 25.9 Å². The van der Waals surface area contributed by atoms with Crippen LogP contribution < -0.4 is 4.80 Å². The maximum absolute atomic E-state index is 12.7. The highest BCUT2D eigenvalue weighted by atomic mass is 32.2. The topological polar surface area (TPSA) is 71.7 Å². The van der Waals surface area contributed by atoms with Crippen molar-refractivity contribution in [2.24, 2.45) is 10.9 Å². The van der Waals surface area contributed by atoms with Crippen LogP contribution >= 0.6 is 11.3 Å². The zero-order valence-corrected chi connectivity index (χ0v) is 17.3. The van der Waals surface area contributed by atoms with Crippen LogP contribution in [0.1, 0.15) is 30.9 Å². The largest absolute Gasteiger partial charge is 0.317 e. The minimum Gasteiger partial charge on any atom is -0.317 e. The van der Waals surface area contributed by atoms with Crippen molar-refractivity contribution in [1.82, 2.24) is 8.87 Å². The fourth-order valence-corrected chi connectivity index (χ4v) is 5.39. The first kappa shape index (κ1) is 19.3. The first-order chi connectivity index (χ1) is 12.2. The minimum atomic E-state index is -3.18. The van der Waals surface area contributed by atoms with Gasteiger partial charge in [-0.25, -0.2) is 12.7 Å². The van der Waals surface area contributed by atoms with Gasteiger partial charge in [0, 0.05) is 25.6 Å². The number of amides is 1. The Bertz CT molecular complexity index is 1010. The van der Waals surface area contributed by atoms with E-state index in [2.05, 4.69) is 42.5 Å². The van der Waals surface area contributed by atoms with Crippen LogP contribution in [0, 0.1) is 19.8 Å². The van der Waals surface area contributed by atoms with E-state index in [-0.39, 0.29) is 11.8 Å². The Kier molecular flexibility index (Phi) is 5.37. The number of carbonyl (C=O) groups is 1. The molecule has 1 aliphatic rings. The number of carbonyl (C=O) groups excluding carboxylic acids is 1. The molecule has 1 amide bonds. The van der Waals surface area contributed by atoms with Gasteiger partial charge in [-0.2, -0.15) is 4.99 Å². The van der Waals surface area contributed by atoms with Crippen LogP contribution in [-0.2, 0) is 21.4 Å². The highest BCUT2D eigenvalue weighted by Gasteiger charge is 2.28. The number of benzene rings is 1. The van der Waals surface area contributed by atoms with Crippen molar-refractivity contribution in [3.8, 4) is 0 Å². The molecule has 1 fully saturated rings. The van der Waals surface area contributed by atoms with Crippen molar-refractivity contribution < 1.29 is 13.2 Å². The van der Waals surface area contributed by atoms with E-state index in [1.807, 2.05) is 0 Å². The summed E-state index contributed by atoms with van der Waals surface area (Å²) in [5.41, 5.74) is 3.57. The molecule has 0 aliphatic carbocycles. The molecule has 1 aromatic carbocycles. The van der Waals surface area contributed by atoms with E-state index in [1.165, 1.54) is 33.0 Å². The van der Waals surface area contributed by atoms with Crippen LogP contribution in [0.2, 0.25) is 0 Å². The fraction of sp³-hybridized carbons (Fsp3) is 0.556. The zero-order chi connectivity index (χ0) is 19.1. The number of hydrogen-bond acceptors (Lipinski definition) is 4. The highest BCUT2D eigenvalue weighted by Crippen LogP contribution is 2.23. The van der Waals surface area contributed by atoms with Crippen LogP contribution in [0.25, 0.3) is 10.2 Å². The summed E-state index contributed by atoms with van der Waals surface area (Å²) >= 11 is 1.54. The number of sulfonamides is 1. The van der Waals surface area contributed by atoms with Crippen molar-refractivity contribution in [3.63, 3.8) is 0 Å². The number of thiazole rings is 1. The van der Waals surface area contributed by atoms with Crippen molar-refractivity contribution in [2.45, 2.75) is 40.2 Å². The van der Waals surface area contributed by atoms with Crippen molar-refractivity contribution in [3.05, 3.63) is 28.1 Å². The van der Waals surface area contributed by atoms with Crippen molar-refractivity contribution in [1.29, 1.82) is 0 Å². The Morgan fingerprint density at radius 1 is 1.23 bits per heavy atom. The standard InChI is InChI=1S/C18H25N3O3S2/c1-5-21-15-10-12(2)13(3)11-16(15)25-18(21)19-17(22)14-6-8-20(9-7-14)26(4,23)24/h10-11,14H,5-9H2,1-4H3. The first-order valence-corrected chi connectivity index (χ1v) is 11.5. The van der Waals surface area contributed by atoms with Crippen molar-refractivity contribution >= 4 is 37.5 Å². The molecule has 0 radical (unpaired) electrons. The maximum atomic E-state index is 12.7. The molecule has 26 heavy (non-hydrogen) atoms. The number of fused-ring (bicyclic) bond motifs is 1. The summed E-state index contributed by atoms with van der Waals surface area (Å²) in [5, 5.41) is 0. The molecule has 2 aromatic rings. The second-order valence-corrected chi connectivity index (χ2v) is 9.91. The average molecular weight is 396 g/mol. The summed E-state index contributed by atoms with van der Waals surface area (Å²) in [5.74, 6) is -0.340. The predicted molar refractivity (Wildman–Crippen MR) is 105 cm³/mol. The summed E-state index contributed by atoms with van der Waals surface area (Å²) < 4.78 is 27.9. The van der Waals surface area contributed by atoms with Gasteiger partial charge >= 0.3 is 0 Å². The monoisotopic (exact) mass is 395 g/mol. The SMILES string of the molecule is CCn1c(=NC(=O)C2CCN(S(C)(=O)=O)CC2)sc2cc(C)c(C)cc21. The Morgan fingerprint density at radius 2 is 1.85 bits per heavy atom. The second-order valence-electron chi connectivity index (χ2n) is 6.92. The van der Waals surface area contributed by atoms with Gasteiger partial charge < -0.3 is 4.57 Å². The molecule has 6 nitrogen and oxygen atoms in total. The second kappa shape index (κ2) is 7.25. The third kappa shape index (κ3) is 3.77. The number of piperidine rings is 1. The van der Waals surface area contributed by atoms with Gasteiger partial charge in [-0.1, -0.05) is 11.3 Å². The van der Waals surface area contributed by atoms with Gasteiger partial charge in [-0.05, 0) is 56.9 Å². The van der Waals surface area contributed by atoms with Gasteiger partial charge in [-0.3, -0.25) is 4.79 Å². The molecule has 0 saturated carbocycles. The Labute approximate surface area is 158 Å². The molecule has 1 aromatic heterocycles. The lowest BCUT2D eigenvalue weighted by atomic mass is 9.98. The summed E-state index contributed by atoms with van der Waals surface area (Å²) in [6, 6.07) is 4.30. The Morgan fingerprint density at radius 3 is 2.42 bits per heavy atom. The third-order valence-corrected chi connectivity index (χ3v) is 7.44. The molecule has 1 saturated heterocycles.